The second-order valence-corrected chi connectivity index (χ2v) is 12.7. The molecule has 14 heteroatoms. The molecule has 5 aromatic rings. The molecule has 248 valence electrons. The molecule has 0 N–H and O–H groups in total. The number of amides is 1. The quantitative estimate of drug-likeness (QED) is 0.253. The zero-order chi connectivity index (χ0) is 34.6. The molecular formula is C35H32F2N10O2. The Kier molecular flexibility index (Phi) is 7.98. The second kappa shape index (κ2) is 12.3. The maximum Gasteiger partial charge on any atom is 0.355 e. The Labute approximate surface area is 280 Å². The van der Waals surface area contributed by atoms with E-state index < -0.39 is 23.4 Å². The number of pyridine rings is 2. The van der Waals surface area contributed by atoms with Crippen molar-refractivity contribution in [2.45, 2.75) is 58.2 Å². The van der Waals surface area contributed by atoms with Crippen molar-refractivity contribution in [2.75, 3.05) is 18.0 Å². The molecule has 0 saturated carbocycles. The normalized spacial score (nSPS) is 17.2. The van der Waals surface area contributed by atoms with Crippen molar-refractivity contribution in [3.05, 3.63) is 100 Å². The topological polar surface area (TPSA) is 139 Å². The zero-order valence-corrected chi connectivity index (χ0v) is 27.1. The number of nitriles is 1. The van der Waals surface area contributed by atoms with Crippen molar-refractivity contribution in [1.29, 1.82) is 5.26 Å². The molecule has 1 aromatic carbocycles. The molecule has 1 fully saturated rings. The van der Waals surface area contributed by atoms with Crippen LogP contribution in [0, 0.1) is 23.0 Å². The number of carbonyl (C=O) groups excluding carboxylic acids is 1. The van der Waals surface area contributed by atoms with Gasteiger partial charge in [-0.2, -0.15) is 10.2 Å². The van der Waals surface area contributed by atoms with Gasteiger partial charge in [-0.3, -0.25) is 9.78 Å². The van der Waals surface area contributed by atoms with E-state index >= 15 is 8.78 Å². The Morgan fingerprint density at radius 1 is 1.16 bits per heavy atom. The highest BCUT2D eigenvalue weighted by atomic mass is 19.1. The van der Waals surface area contributed by atoms with Crippen LogP contribution in [0.2, 0.25) is 0 Å². The van der Waals surface area contributed by atoms with Gasteiger partial charge in [0.15, 0.2) is 5.65 Å². The van der Waals surface area contributed by atoms with Gasteiger partial charge in [0.25, 0.3) is 0 Å². The summed E-state index contributed by atoms with van der Waals surface area (Å²) in [5.74, 6) is -1.83. The summed E-state index contributed by atoms with van der Waals surface area (Å²) in [7, 11) is 0. The maximum absolute atomic E-state index is 16.5. The van der Waals surface area contributed by atoms with E-state index in [4.69, 9.17) is 4.98 Å². The number of hydrogen-bond acceptors (Lipinski definition) is 9. The van der Waals surface area contributed by atoms with Crippen molar-refractivity contribution >= 4 is 22.8 Å². The van der Waals surface area contributed by atoms with Gasteiger partial charge in [0.1, 0.15) is 23.1 Å². The number of aromatic nitrogens is 7. The van der Waals surface area contributed by atoms with Gasteiger partial charge in [-0.15, -0.1) is 5.10 Å². The van der Waals surface area contributed by atoms with Crippen LogP contribution in [-0.2, 0) is 17.8 Å². The average molecular weight is 663 g/mol. The summed E-state index contributed by atoms with van der Waals surface area (Å²) in [5.41, 5.74) is 1.67. The summed E-state index contributed by atoms with van der Waals surface area (Å²) in [6.07, 6.45) is 4.77. The number of benzene rings is 1. The molecule has 0 aliphatic carbocycles. The van der Waals surface area contributed by atoms with Crippen LogP contribution in [0.5, 0.6) is 0 Å². The Bertz CT molecular complexity index is 2260. The van der Waals surface area contributed by atoms with Crippen molar-refractivity contribution < 1.29 is 13.6 Å². The van der Waals surface area contributed by atoms with Crippen molar-refractivity contribution in [1.82, 2.24) is 39.4 Å². The molecule has 2 unspecified atom stereocenters. The average Bonchev–Trinajstić information content (AvgIpc) is 3.51. The number of anilines is 1. The van der Waals surface area contributed by atoms with Crippen LogP contribution in [0.3, 0.4) is 0 Å². The number of nitrogens with zero attached hydrogens (tertiary/aromatic N) is 10. The van der Waals surface area contributed by atoms with Gasteiger partial charge in [-0.25, -0.2) is 27.8 Å². The van der Waals surface area contributed by atoms with Gasteiger partial charge >= 0.3 is 5.69 Å². The van der Waals surface area contributed by atoms with E-state index in [2.05, 4.69) is 32.9 Å². The molecule has 1 amide bonds. The number of fused-ring (bicyclic) bond motifs is 7. The third-order valence-corrected chi connectivity index (χ3v) is 9.13. The van der Waals surface area contributed by atoms with Crippen molar-refractivity contribution in [3.63, 3.8) is 0 Å². The van der Waals surface area contributed by atoms with E-state index in [0.29, 0.717) is 28.2 Å². The molecule has 7 rings (SSSR count). The predicted molar refractivity (Wildman–Crippen MR) is 177 cm³/mol. The Morgan fingerprint density at radius 3 is 2.73 bits per heavy atom. The van der Waals surface area contributed by atoms with Crippen molar-refractivity contribution in [3.8, 4) is 23.0 Å². The summed E-state index contributed by atoms with van der Waals surface area (Å²) in [4.78, 5) is 44.5. The first-order chi connectivity index (χ1) is 23.6. The lowest BCUT2D eigenvalue weighted by molar-refractivity contribution is -0.129. The van der Waals surface area contributed by atoms with Gasteiger partial charge in [0, 0.05) is 49.1 Å². The lowest BCUT2D eigenvalue weighted by atomic mass is 9.98. The summed E-state index contributed by atoms with van der Waals surface area (Å²) < 4.78 is 35.2. The van der Waals surface area contributed by atoms with Crippen LogP contribution in [0.1, 0.15) is 55.6 Å². The Hall–Kier alpha value is -5.84. The highest BCUT2D eigenvalue weighted by molar-refractivity contribution is 5.91. The minimum atomic E-state index is -0.817. The first-order valence-corrected chi connectivity index (χ1v) is 15.9. The summed E-state index contributed by atoms with van der Waals surface area (Å²) in [6, 6.07) is 8.68. The SMILES string of the molecule is C=CC(=O)N1CC(C)N(c2nc(=O)n3c4nc(c(F)cc24)-c2c(F)cccc2Cc2cn(nn2)Cc2ccnc(C(C)C)c2-3)CC1CC#N. The maximum atomic E-state index is 16.5. The van der Waals surface area contributed by atoms with Gasteiger partial charge in [0.05, 0.1) is 47.5 Å². The highest BCUT2D eigenvalue weighted by Crippen LogP contribution is 2.36. The molecule has 12 nitrogen and oxygen atoms in total. The standard InChI is InChI=1S/C35H32F2N10O2/c1-5-28(48)46-15-20(4)45(18-24(46)9-11-38)33-25-14-27(37)31-29-21(7-6-8-26(29)36)13-23-17-44(43-42-23)16-22-10-12-39-30(19(2)3)32(22)47(34(25)40-31)35(49)41-33/h5-8,10,12,14,17,19-20,24H,1,9,13,15-16,18H2,2-4H3. The zero-order valence-electron chi connectivity index (χ0n) is 27.1. The van der Waals surface area contributed by atoms with E-state index in [1.807, 2.05) is 20.8 Å². The lowest BCUT2D eigenvalue weighted by Gasteiger charge is -2.45. The molecule has 2 aliphatic heterocycles. The van der Waals surface area contributed by atoms with Gasteiger partial charge in [0.2, 0.25) is 5.91 Å². The van der Waals surface area contributed by atoms with Gasteiger partial charge < -0.3 is 9.80 Å². The van der Waals surface area contributed by atoms with E-state index in [1.54, 1.807) is 45.1 Å². The molecular weight excluding hydrogens is 630 g/mol. The van der Waals surface area contributed by atoms with E-state index in [-0.39, 0.29) is 78.5 Å². The Balaban J connectivity index is 1.56. The third-order valence-electron chi connectivity index (χ3n) is 9.13. The first-order valence-electron chi connectivity index (χ1n) is 15.9. The van der Waals surface area contributed by atoms with Crippen LogP contribution in [0.15, 0.2) is 60.2 Å². The molecule has 49 heavy (non-hydrogen) atoms. The summed E-state index contributed by atoms with van der Waals surface area (Å²) in [5, 5.41) is 18.4. The monoisotopic (exact) mass is 662 g/mol. The minimum absolute atomic E-state index is 0.0191. The number of carbonyl (C=O) groups is 1. The Morgan fingerprint density at radius 2 is 1.98 bits per heavy atom. The van der Waals surface area contributed by atoms with Gasteiger partial charge in [-0.1, -0.05) is 37.8 Å². The fourth-order valence-electron chi connectivity index (χ4n) is 6.87. The minimum Gasteiger partial charge on any atom is -0.349 e. The molecule has 4 bridgehead atoms. The largest absolute Gasteiger partial charge is 0.355 e. The third kappa shape index (κ3) is 5.41. The fourth-order valence-corrected chi connectivity index (χ4v) is 6.87. The smallest absolute Gasteiger partial charge is 0.349 e. The molecule has 0 radical (unpaired) electrons. The molecule has 1 saturated heterocycles. The van der Waals surface area contributed by atoms with Crippen LogP contribution >= 0.6 is 0 Å². The van der Waals surface area contributed by atoms with E-state index in [0.717, 1.165) is 0 Å². The van der Waals surface area contributed by atoms with E-state index in [9.17, 15) is 14.9 Å². The number of halogens is 2. The number of rotatable bonds is 4. The number of hydrogen-bond donors (Lipinski definition) is 0. The van der Waals surface area contributed by atoms with Gasteiger partial charge in [-0.05, 0) is 42.7 Å². The van der Waals surface area contributed by atoms with Crippen LogP contribution in [0.4, 0.5) is 14.6 Å². The van der Waals surface area contributed by atoms with Crippen LogP contribution in [0.25, 0.3) is 28.0 Å². The summed E-state index contributed by atoms with van der Waals surface area (Å²) in [6.45, 7) is 9.91. The molecule has 2 atom stereocenters. The highest BCUT2D eigenvalue weighted by Gasteiger charge is 2.36. The first kappa shape index (κ1) is 31.7. The predicted octanol–water partition coefficient (Wildman–Crippen LogP) is 4.29. The van der Waals surface area contributed by atoms with Crippen LogP contribution < -0.4 is 10.6 Å². The van der Waals surface area contributed by atoms with Crippen molar-refractivity contribution in [2.24, 2.45) is 0 Å². The lowest BCUT2D eigenvalue weighted by Crippen LogP contribution is -2.59. The molecule has 2 aliphatic rings. The number of piperazine rings is 1. The summed E-state index contributed by atoms with van der Waals surface area (Å²) >= 11 is 0. The molecule has 4 aromatic heterocycles. The molecule has 0 spiro atoms. The molecule has 6 heterocycles. The van der Waals surface area contributed by atoms with Crippen LogP contribution in [-0.4, -0.2) is 70.5 Å². The fraction of sp³-hybridized carbons (Fsp3) is 0.314. The second-order valence-electron chi connectivity index (χ2n) is 12.7. The van der Waals surface area contributed by atoms with E-state index in [1.165, 1.54) is 22.8 Å².